The van der Waals surface area contributed by atoms with Crippen molar-refractivity contribution in [2.45, 2.75) is 0 Å². The predicted molar refractivity (Wildman–Crippen MR) is 64.8 cm³/mol. The third kappa shape index (κ3) is 1.77. The van der Waals surface area contributed by atoms with Crippen LogP contribution in [0.4, 0.5) is 4.39 Å². The third-order valence-electron chi connectivity index (χ3n) is 2.73. The van der Waals surface area contributed by atoms with Crippen LogP contribution >= 0.6 is 0 Å². The van der Waals surface area contributed by atoms with Gasteiger partial charge >= 0.3 is 0 Å². The van der Waals surface area contributed by atoms with Gasteiger partial charge < -0.3 is 5.11 Å². The van der Waals surface area contributed by atoms with Crippen molar-refractivity contribution in [2.24, 2.45) is 0 Å². The number of hydrogen-bond donors (Lipinski definition) is 1. The van der Waals surface area contributed by atoms with E-state index < -0.39 is 5.82 Å². The number of phenolic OH excluding ortho intramolecular Hbond substituents is 1. The number of benzene rings is 1. The van der Waals surface area contributed by atoms with Crippen molar-refractivity contribution in [2.75, 3.05) is 0 Å². The number of nitrogens with zero attached hydrogens (tertiary/aromatic N) is 4. The summed E-state index contributed by atoms with van der Waals surface area (Å²) in [7, 11) is 0. The van der Waals surface area contributed by atoms with E-state index in [2.05, 4.69) is 10.2 Å². The van der Waals surface area contributed by atoms with Crippen LogP contribution in [0.3, 0.4) is 0 Å². The second-order valence-corrected chi connectivity index (χ2v) is 3.94. The fourth-order valence-corrected chi connectivity index (χ4v) is 1.83. The van der Waals surface area contributed by atoms with Crippen LogP contribution in [0.5, 0.6) is 5.75 Å². The molecular weight excluding hydrogens is 247 g/mol. The maximum atomic E-state index is 13.3. The number of aromatic hydroxyl groups is 1. The standard InChI is InChI=1S/C13H7FN4O/c14-9-2-3-11(19)10(5-9)13-17-16-12-4-1-8(6-15)7-18(12)13/h1-5,7,19H. The fraction of sp³-hybridized carbons (Fsp3) is 0. The molecule has 0 aliphatic heterocycles. The maximum Gasteiger partial charge on any atom is 0.172 e. The van der Waals surface area contributed by atoms with E-state index in [1.807, 2.05) is 6.07 Å². The van der Waals surface area contributed by atoms with Gasteiger partial charge in [-0.05, 0) is 30.3 Å². The molecule has 19 heavy (non-hydrogen) atoms. The quantitative estimate of drug-likeness (QED) is 0.721. The molecule has 2 heterocycles. The Kier molecular flexibility index (Phi) is 2.39. The van der Waals surface area contributed by atoms with Crippen LogP contribution in [0.2, 0.25) is 0 Å². The van der Waals surface area contributed by atoms with Gasteiger partial charge in [0.05, 0.1) is 11.1 Å². The number of halogens is 1. The van der Waals surface area contributed by atoms with Crippen LogP contribution < -0.4 is 0 Å². The molecule has 0 atom stereocenters. The first-order valence-corrected chi connectivity index (χ1v) is 5.43. The van der Waals surface area contributed by atoms with Gasteiger partial charge in [0.15, 0.2) is 11.5 Å². The highest BCUT2D eigenvalue weighted by atomic mass is 19.1. The van der Waals surface area contributed by atoms with E-state index >= 15 is 0 Å². The highest BCUT2D eigenvalue weighted by Crippen LogP contribution is 2.28. The average molecular weight is 254 g/mol. The van der Waals surface area contributed by atoms with E-state index in [4.69, 9.17) is 5.26 Å². The molecule has 1 N–H and O–H groups in total. The smallest absolute Gasteiger partial charge is 0.172 e. The van der Waals surface area contributed by atoms with Crippen molar-refractivity contribution in [3.05, 3.63) is 47.9 Å². The second-order valence-electron chi connectivity index (χ2n) is 3.94. The van der Waals surface area contributed by atoms with Gasteiger partial charge in [-0.1, -0.05) is 0 Å². The van der Waals surface area contributed by atoms with E-state index in [-0.39, 0.29) is 17.1 Å². The lowest BCUT2D eigenvalue weighted by atomic mass is 10.2. The molecule has 0 spiro atoms. The van der Waals surface area contributed by atoms with Crippen molar-refractivity contribution in [3.8, 4) is 23.2 Å². The molecule has 92 valence electrons. The van der Waals surface area contributed by atoms with Gasteiger partial charge in [0.1, 0.15) is 17.6 Å². The predicted octanol–water partition coefficient (Wildman–Crippen LogP) is 2.11. The minimum absolute atomic E-state index is 0.0990. The summed E-state index contributed by atoms with van der Waals surface area (Å²) in [6.07, 6.45) is 1.54. The van der Waals surface area contributed by atoms with Gasteiger partial charge in [-0.15, -0.1) is 10.2 Å². The average Bonchev–Trinajstić information content (AvgIpc) is 2.84. The number of rotatable bonds is 1. The maximum absolute atomic E-state index is 13.3. The molecule has 0 saturated carbocycles. The molecule has 0 amide bonds. The Morgan fingerprint density at radius 1 is 1.21 bits per heavy atom. The van der Waals surface area contributed by atoms with Gasteiger partial charge in [0.2, 0.25) is 0 Å². The van der Waals surface area contributed by atoms with Crippen LogP contribution in [0.25, 0.3) is 17.0 Å². The molecule has 0 bridgehead atoms. The van der Waals surface area contributed by atoms with E-state index in [1.54, 1.807) is 12.1 Å². The number of phenols is 1. The normalized spacial score (nSPS) is 10.5. The molecule has 3 rings (SSSR count). The zero-order valence-corrected chi connectivity index (χ0v) is 9.58. The van der Waals surface area contributed by atoms with Gasteiger partial charge in [-0.2, -0.15) is 5.26 Å². The van der Waals surface area contributed by atoms with Gasteiger partial charge in [0.25, 0.3) is 0 Å². The van der Waals surface area contributed by atoms with Crippen LogP contribution in [0.15, 0.2) is 36.5 Å². The Morgan fingerprint density at radius 3 is 2.84 bits per heavy atom. The number of fused-ring (bicyclic) bond motifs is 1. The molecule has 0 fully saturated rings. The summed E-state index contributed by atoms with van der Waals surface area (Å²) >= 11 is 0. The third-order valence-corrected chi connectivity index (χ3v) is 2.73. The van der Waals surface area contributed by atoms with Gasteiger partial charge in [-0.3, -0.25) is 4.40 Å². The lowest BCUT2D eigenvalue weighted by Crippen LogP contribution is -1.92. The first kappa shape index (κ1) is 11.2. The monoisotopic (exact) mass is 254 g/mol. The van der Waals surface area contributed by atoms with E-state index in [1.165, 1.54) is 22.7 Å². The van der Waals surface area contributed by atoms with Crippen LogP contribution in [0.1, 0.15) is 5.56 Å². The summed E-state index contributed by atoms with van der Waals surface area (Å²) in [6.45, 7) is 0. The molecule has 1 aromatic carbocycles. The zero-order chi connectivity index (χ0) is 13.4. The van der Waals surface area contributed by atoms with Crippen LogP contribution in [-0.2, 0) is 0 Å². The lowest BCUT2D eigenvalue weighted by Gasteiger charge is -2.03. The Balaban J connectivity index is 2.31. The topological polar surface area (TPSA) is 74.2 Å². The molecule has 2 aromatic heterocycles. The Hall–Kier alpha value is -2.94. The molecule has 0 radical (unpaired) electrons. The van der Waals surface area contributed by atoms with Gasteiger partial charge in [0, 0.05) is 6.20 Å². The molecule has 0 unspecified atom stereocenters. The highest BCUT2D eigenvalue weighted by molar-refractivity contribution is 5.66. The molecule has 0 saturated heterocycles. The minimum Gasteiger partial charge on any atom is -0.507 e. The van der Waals surface area contributed by atoms with Crippen molar-refractivity contribution >= 4 is 5.65 Å². The largest absolute Gasteiger partial charge is 0.507 e. The highest BCUT2D eigenvalue weighted by Gasteiger charge is 2.13. The lowest BCUT2D eigenvalue weighted by molar-refractivity contribution is 0.474. The van der Waals surface area contributed by atoms with Crippen LogP contribution in [-0.4, -0.2) is 19.7 Å². The number of nitriles is 1. The molecular formula is C13H7FN4O. The Morgan fingerprint density at radius 2 is 2.05 bits per heavy atom. The summed E-state index contributed by atoms with van der Waals surface area (Å²) < 4.78 is 14.8. The summed E-state index contributed by atoms with van der Waals surface area (Å²) in [4.78, 5) is 0. The SMILES string of the molecule is N#Cc1ccc2nnc(-c3cc(F)ccc3O)n2c1. The minimum atomic E-state index is -0.485. The summed E-state index contributed by atoms with van der Waals surface area (Å²) in [6, 6.07) is 8.82. The zero-order valence-electron chi connectivity index (χ0n) is 9.58. The summed E-state index contributed by atoms with van der Waals surface area (Å²) in [5, 5.41) is 26.5. The summed E-state index contributed by atoms with van der Waals surface area (Å²) in [5.74, 6) is -0.303. The van der Waals surface area contributed by atoms with Crippen molar-refractivity contribution in [1.29, 1.82) is 5.26 Å². The molecule has 5 nitrogen and oxygen atoms in total. The van der Waals surface area contributed by atoms with Crippen molar-refractivity contribution < 1.29 is 9.50 Å². The van der Waals surface area contributed by atoms with Crippen molar-refractivity contribution in [1.82, 2.24) is 14.6 Å². The molecule has 3 aromatic rings. The van der Waals surface area contributed by atoms with Gasteiger partial charge in [-0.25, -0.2) is 4.39 Å². The Bertz CT molecular complexity index is 819. The summed E-state index contributed by atoms with van der Waals surface area (Å²) in [5.41, 5.74) is 1.16. The number of aromatic nitrogens is 3. The Labute approximate surface area is 107 Å². The van der Waals surface area contributed by atoms with E-state index in [0.717, 1.165) is 6.07 Å². The first-order chi connectivity index (χ1) is 9.19. The van der Waals surface area contributed by atoms with E-state index in [0.29, 0.717) is 11.2 Å². The molecule has 0 aliphatic rings. The molecule has 6 heteroatoms. The number of hydrogen-bond acceptors (Lipinski definition) is 4. The van der Waals surface area contributed by atoms with Crippen LogP contribution in [0, 0.1) is 17.1 Å². The second kappa shape index (κ2) is 4.07. The van der Waals surface area contributed by atoms with E-state index in [9.17, 15) is 9.50 Å². The number of pyridine rings is 1. The first-order valence-electron chi connectivity index (χ1n) is 5.43. The fourth-order valence-electron chi connectivity index (χ4n) is 1.83. The molecule has 0 aliphatic carbocycles. The van der Waals surface area contributed by atoms with Crippen molar-refractivity contribution in [3.63, 3.8) is 0 Å².